The van der Waals surface area contributed by atoms with Crippen molar-refractivity contribution >= 4 is 23.5 Å². The van der Waals surface area contributed by atoms with Crippen LogP contribution in [-0.2, 0) is 19.1 Å². The van der Waals surface area contributed by atoms with Gasteiger partial charge in [0.25, 0.3) is 5.91 Å². The molecular formula is C20H26N2O5. The molecule has 1 aromatic carbocycles. The minimum Gasteiger partial charge on any atom is -0.479 e. The highest BCUT2D eigenvalue weighted by Gasteiger charge is 2.32. The SMILES string of the molecule is CCOC(=O)C1CCN(C(=O)CCN2C(=O)[C@@H](C)Oc3ccccc32)CC1. The Labute approximate surface area is 159 Å². The maximum absolute atomic E-state index is 12.6. The van der Waals surface area contributed by atoms with Crippen molar-refractivity contribution in [2.45, 2.75) is 39.2 Å². The first-order valence-corrected chi connectivity index (χ1v) is 9.52. The molecule has 2 amide bonds. The van der Waals surface area contributed by atoms with Crippen LogP contribution in [0.15, 0.2) is 24.3 Å². The van der Waals surface area contributed by atoms with Crippen LogP contribution in [0.4, 0.5) is 5.69 Å². The van der Waals surface area contributed by atoms with E-state index in [1.165, 1.54) is 0 Å². The fourth-order valence-corrected chi connectivity index (χ4v) is 3.58. The van der Waals surface area contributed by atoms with Gasteiger partial charge < -0.3 is 19.3 Å². The van der Waals surface area contributed by atoms with Crippen molar-refractivity contribution < 1.29 is 23.9 Å². The van der Waals surface area contributed by atoms with Crippen molar-refractivity contribution in [1.29, 1.82) is 0 Å². The summed E-state index contributed by atoms with van der Waals surface area (Å²) in [7, 11) is 0. The number of nitrogens with zero attached hydrogens (tertiary/aromatic N) is 2. The zero-order valence-corrected chi connectivity index (χ0v) is 15.8. The van der Waals surface area contributed by atoms with E-state index in [9.17, 15) is 14.4 Å². The Kier molecular flexibility index (Phi) is 5.98. The number of hydrogen-bond donors (Lipinski definition) is 0. The third-order valence-corrected chi connectivity index (χ3v) is 5.09. The van der Waals surface area contributed by atoms with Crippen LogP contribution in [-0.4, -0.2) is 55.0 Å². The van der Waals surface area contributed by atoms with E-state index in [1.54, 1.807) is 23.6 Å². The maximum Gasteiger partial charge on any atom is 0.309 e. The molecule has 1 aromatic rings. The number of fused-ring (bicyclic) bond motifs is 1. The van der Waals surface area contributed by atoms with Crippen molar-refractivity contribution in [3.8, 4) is 5.75 Å². The van der Waals surface area contributed by atoms with Crippen molar-refractivity contribution in [3.63, 3.8) is 0 Å². The van der Waals surface area contributed by atoms with E-state index in [0.717, 1.165) is 0 Å². The second kappa shape index (κ2) is 8.41. The average molecular weight is 374 g/mol. The van der Waals surface area contributed by atoms with Crippen LogP contribution in [0.2, 0.25) is 0 Å². The normalized spacial score (nSPS) is 20.1. The Morgan fingerprint density at radius 1 is 1.22 bits per heavy atom. The summed E-state index contributed by atoms with van der Waals surface area (Å²) in [6.07, 6.45) is 0.939. The minimum absolute atomic E-state index is 0.00161. The summed E-state index contributed by atoms with van der Waals surface area (Å²) in [5.74, 6) is 0.230. The largest absolute Gasteiger partial charge is 0.479 e. The van der Waals surface area contributed by atoms with Crippen LogP contribution in [0.25, 0.3) is 0 Å². The molecule has 0 aliphatic carbocycles. The lowest BCUT2D eigenvalue weighted by Crippen LogP contribution is -2.47. The Bertz CT molecular complexity index is 712. The topological polar surface area (TPSA) is 76.2 Å². The smallest absolute Gasteiger partial charge is 0.309 e. The molecule has 1 atom stereocenters. The summed E-state index contributed by atoms with van der Waals surface area (Å²) >= 11 is 0. The van der Waals surface area contributed by atoms with E-state index in [2.05, 4.69) is 0 Å². The van der Waals surface area contributed by atoms with Crippen LogP contribution < -0.4 is 9.64 Å². The number of para-hydroxylation sites is 2. The number of piperidine rings is 1. The molecule has 7 nitrogen and oxygen atoms in total. The van der Waals surface area contributed by atoms with Crippen LogP contribution in [0.1, 0.15) is 33.1 Å². The van der Waals surface area contributed by atoms with Gasteiger partial charge in [-0.05, 0) is 38.8 Å². The van der Waals surface area contributed by atoms with Gasteiger partial charge >= 0.3 is 5.97 Å². The van der Waals surface area contributed by atoms with E-state index in [0.29, 0.717) is 50.5 Å². The summed E-state index contributed by atoms with van der Waals surface area (Å²) in [6.45, 7) is 5.31. The number of esters is 1. The molecule has 27 heavy (non-hydrogen) atoms. The van der Waals surface area contributed by atoms with E-state index in [4.69, 9.17) is 9.47 Å². The molecule has 146 valence electrons. The highest BCUT2D eigenvalue weighted by atomic mass is 16.5. The van der Waals surface area contributed by atoms with Gasteiger partial charge in [-0.2, -0.15) is 0 Å². The molecule has 2 aliphatic rings. The van der Waals surface area contributed by atoms with Gasteiger partial charge in [0.05, 0.1) is 18.2 Å². The molecule has 0 radical (unpaired) electrons. The Balaban J connectivity index is 1.55. The Hall–Kier alpha value is -2.57. The van der Waals surface area contributed by atoms with Crippen LogP contribution in [0.5, 0.6) is 5.75 Å². The molecule has 0 saturated carbocycles. The lowest BCUT2D eigenvalue weighted by molar-refractivity contribution is -0.151. The van der Waals surface area contributed by atoms with Crippen molar-refractivity contribution in [3.05, 3.63) is 24.3 Å². The van der Waals surface area contributed by atoms with Gasteiger partial charge in [-0.15, -0.1) is 0 Å². The molecule has 1 fully saturated rings. The molecule has 1 saturated heterocycles. The molecule has 7 heteroatoms. The number of anilines is 1. The zero-order valence-electron chi connectivity index (χ0n) is 15.8. The summed E-state index contributed by atoms with van der Waals surface area (Å²) < 4.78 is 10.7. The fraction of sp³-hybridized carbons (Fsp3) is 0.550. The number of likely N-dealkylation sites (tertiary alicyclic amines) is 1. The van der Waals surface area contributed by atoms with E-state index in [-0.39, 0.29) is 30.1 Å². The van der Waals surface area contributed by atoms with Crippen LogP contribution in [0.3, 0.4) is 0 Å². The lowest BCUT2D eigenvalue weighted by atomic mass is 9.97. The first-order valence-electron chi connectivity index (χ1n) is 9.52. The quantitative estimate of drug-likeness (QED) is 0.737. The van der Waals surface area contributed by atoms with Gasteiger partial charge in [0.2, 0.25) is 5.91 Å². The highest BCUT2D eigenvalue weighted by molar-refractivity contribution is 6.00. The predicted molar refractivity (Wildman–Crippen MR) is 99.4 cm³/mol. The van der Waals surface area contributed by atoms with Crippen molar-refractivity contribution in [2.75, 3.05) is 31.1 Å². The van der Waals surface area contributed by atoms with Crippen molar-refractivity contribution in [2.24, 2.45) is 5.92 Å². The van der Waals surface area contributed by atoms with Gasteiger partial charge in [-0.3, -0.25) is 14.4 Å². The number of rotatable bonds is 5. The van der Waals surface area contributed by atoms with Crippen LogP contribution in [0, 0.1) is 5.92 Å². The molecule has 0 aromatic heterocycles. The highest BCUT2D eigenvalue weighted by Crippen LogP contribution is 2.33. The number of benzene rings is 1. The number of carbonyl (C=O) groups is 3. The molecule has 2 heterocycles. The number of carbonyl (C=O) groups excluding carboxylic acids is 3. The first-order chi connectivity index (χ1) is 13.0. The summed E-state index contributed by atoms with van der Waals surface area (Å²) in [4.78, 5) is 40.3. The van der Waals surface area contributed by atoms with Gasteiger partial charge in [0.15, 0.2) is 6.10 Å². The van der Waals surface area contributed by atoms with Crippen molar-refractivity contribution in [1.82, 2.24) is 4.90 Å². The molecular weight excluding hydrogens is 348 g/mol. The summed E-state index contributed by atoms with van der Waals surface area (Å²) in [5, 5.41) is 0. The van der Waals surface area contributed by atoms with Gasteiger partial charge in [-0.25, -0.2) is 0 Å². The number of ether oxygens (including phenoxy) is 2. The van der Waals surface area contributed by atoms with Gasteiger partial charge in [0.1, 0.15) is 5.75 Å². The van der Waals surface area contributed by atoms with E-state index < -0.39 is 6.10 Å². The molecule has 2 aliphatic heterocycles. The number of amides is 2. The first kappa shape index (κ1) is 19.2. The fourth-order valence-electron chi connectivity index (χ4n) is 3.58. The Morgan fingerprint density at radius 3 is 2.63 bits per heavy atom. The molecule has 3 rings (SSSR count). The maximum atomic E-state index is 12.6. The van der Waals surface area contributed by atoms with E-state index >= 15 is 0 Å². The number of hydrogen-bond acceptors (Lipinski definition) is 5. The third-order valence-electron chi connectivity index (χ3n) is 5.09. The monoisotopic (exact) mass is 374 g/mol. The molecule has 0 spiro atoms. The van der Waals surface area contributed by atoms with E-state index in [1.807, 2.05) is 24.3 Å². The standard InChI is InChI=1S/C20H26N2O5/c1-3-26-20(25)15-8-11-21(12-9-15)18(23)10-13-22-16-6-4-5-7-17(16)27-14(2)19(22)24/h4-7,14-15H,3,8-13H2,1-2H3/t14-/m1/s1. The average Bonchev–Trinajstić information content (AvgIpc) is 2.68. The summed E-state index contributed by atoms with van der Waals surface area (Å²) in [5.41, 5.74) is 0.703. The Morgan fingerprint density at radius 2 is 1.93 bits per heavy atom. The molecule has 0 bridgehead atoms. The minimum atomic E-state index is -0.560. The van der Waals surface area contributed by atoms with Gasteiger partial charge in [0, 0.05) is 26.1 Å². The second-order valence-corrected chi connectivity index (χ2v) is 6.87. The second-order valence-electron chi connectivity index (χ2n) is 6.87. The lowest BCUT2D eigenvalue weighted by Gasteiger charge is -2.34. The zero-order chi connectivity index (χ0) is 19.4. The summed E-state index contributed by atoms with van der Waals surface area (Å²) in [6, 6.07) is 7.36. The third kappa shape index (κ3) is 4.23. The molecule has 0 N–H and O–H groups in total. The van der Waals surface area contributed by atoms with Crippen LogP contribution >= 0.6 is 0 Å². The predicted octanol–water partition coefficient (Wildman–Crippen LogP) is 1.99. The molecule has 0 unspecified atom stereocenters. The van der Waals surface area contributed by atoms with Gasteiger partial charge in [-0.1, -0.05) is 12.1 Å².